The molecule has 4 N–H and O–H groups in total. The van der Waals surface area contributed by atoms with Crippen LogP contribution >= 0.6 is 24.0 Å². The smallest absolute Gasteiger partial charge is 0.191 e. The van der Waals surface area contributed by atoms with Gasteiger partial charge < -0.3 is 16.4 Å². The van der Waals surface area contributed by atoms with Crippen LogP contribution in [0.3, 0.4) is 0 Å². The van der Waals surface area contributed by atoms with Crippen LogP contribution in [-0.2, 0) is 13.0 Å². The van der Waals surface area contributed by atoms with Crippen molar-refractivity contribution in [3.05, 3.63) is 77.0 Å². The van der Waals surface area contributed by atoms with Crippen molar-refractivity contribution in [1.29, 1.82) is 5.26 Å². The van der Waals surface area contributed by atoms with Crippen LogP contribution in [-0.4, -0.2) is 28.8 Å². The number of hydrogen-bond donors (Lipinski definition) is 3. The maximum atomic E-state index is 13.2. The maximum absolute atomic E-state index is 13.2. The summed E-state index contributed by atoms with van der Waals surface area (Å²) in [6.07, 6.45) is 1.22. The van der Waals surface area contributed by atoms with E-state index in [1.807, 2.05) is 6.92 Å². The molecule has 174 valence electrons. The minimum atomic E-state index is -0.358. The number of nitrogens with two attached hydrogens (primary N) is 1. The zero-order valence-electron chi connectivity index (χ0n) is 18.2. The van der Waals surface area contributed by atoms with E-state index in [1.54, 1.807) is 24.3 Å². The largest absolute Gasteiger partial charge is 0.382 e. The minimum absolute atomic E-state index is 0. The second-order valence-corrected chi connectivity index (χ2v) is 7.06. The lowest BCUT2D eigenvalue weighted by molar-refractivity contribution is 0.626. The number of benzene rings is 2. The molecule has 0 aliphatic rings. The number of aliphatic imine (C=N–C) groups is 1. The molecule has 33 heavy (non-hydrogen) atoms. The Bertz CT molecular complexity index is 1100. The van der Waals surface area contributed by atoms with Gasteiger partial charge in [-0.3, -0.25) is 0 Å². The first-order valence-corrected chi connectivity index (χ1v) is 10.3. The number of hydrogen-bond acceptors (Lipinski definition) is 4. The van der Waals surface area contributed by atoms with Gasteiger partial charge in [0.2, 0.25) is 0 Å². The van der Waals surface area contributed by atoms with Gasteiger partial charge in [0.1, 0.15) is 29.1 Å². The molecule has 3 rings (SSSR count). The molecule has 0 unspecified atom stereocenters. The summed E-state index contributed by atoms with van der Waals surface area (Å²) in [6.45, 7) is 3.70. The average Bonchev–Trinajstić information content (AvgIpc) is 3.11. The fourth-order valence-electron chi connectivity index (χ4n) is 3.12. The second-order valence-electron chi connectivity index (χ2n) is 7.06. The Hall–Kier alpha value is -3.20. The van der Waals surface area contributed by atoms with E-state index >= 15 is 0 Å². The fraction of sp³-hybridized carbons (Fsp3) is 0.261. The highest BCUT2D eigenvalue weighted by atomic mass is 127. The Morgan fingerprint density at radius 2 is 1.73 bits per heavy atom. The summed E-state index contributed by atoms with van der Waals surface area (Å²) >= 11 is 0. The number of nitrogens with one attached hydrogen (secondary N) is 2. The number of nitrogens with zero attached hydrogens (tertiary/aromatic N) is 4. The third-order valence-corrected chi connectivity index (χ3v) is 4.74. The fourth-order valence-corrected chi connectivity index (χ4v) is 3.12. The summed E-state index contributed by atoms with van der Waals surface area (Å²) < 4.78 is 27.7. The number of aryl methyl sites for hydroxylation is 1. The van der Waals surface area contributed by atoms with E-state index in [0.29, 0.717) is 55.4 Å². The van der Waals surface area contributed by atoms with Gasteiger partial charge in [0, 0.05) is 13.1 Å². The normalized spacial score (nSPS) is 10.9. The quantitative estimate of drug-likeness (QED) is 0.166. The Kier molecular flexibility index (Phi) is 10.1. The van der Waals surface area contributed by atoms with Crippen LogP contribution in [0.5, 0.6) is 0 Å². The van der Waals surface area contributed by atoms with Crippen LogP contribution in [0.25, 0.3) is 5.69 Å². The number of nitriles is 1. The summed E-state index contributed by atoms with van der Waals surface area (Å²) in [5, 5.41) is 20.4. The predicted octanol–water partition coefficient (Wildman–Crippen LogP) is 3.91. The van der Waals surface area contributed by atoms with Gasteiger partial charge in [-0.1, -0.05) is 12.1 Å². The minimum Gasteiger partial charge on any atom is -0.382 e. The van der Waals surface area contributed by atoms with Crippen LogP contribution in [0, 0.1) is 23.0 Å². The molecule has 10 heteroatoms. The molecule has 0 amide bonds. The number of rotatable bonds is 8. The Labute approximate surface area is 208 Å². The number of aromatic nitrogens is 2. The monoisotopic (exact) mass is 565 g/mol. The van der Waals surface area contributed by atoms with Gasteiger partial charge in [0.15, 0.2) is 5.96 Å². The van der Waals surface area contributed by atoms with Crippen molar-refractivity contribution >= 4 is 35.8 Å². The molecule has 1 heterocycles. The molecule has 2 aromatic carbocycles. The zero-order chi connectivity index (χ0) is 22.9. The molecule has 0 spiro atoms. The lowest BCUT2D eigenvalue weighted by atomic mass is 10.1. The lowest BCUT2D eigenvalue weighted by Gasteiger charge is -2.11. The lowest BCUT2D eigenvalue weighted by Crippen LogP contribution is -2.37. The first-order chi connectivity index (χ1) is 15.5. The summed E-state index contributed by atoms with van der Waals surface area (Å²) in [5.41, 5.74) is 8.51. The summed E-state index contributed by atoms with van der Waals surface area (Å²) in [7, 11) is 0. The van der Waals surface area contributed by atoms with Gasteiger partial charge in [-0.2, -0.15) is 10.4 Å². The van der Waals surface area contributed by atoms with Crippen molar-refractivity contribution < 1.29 is 8.78 Å². The zero-order valence-corrected chi connectivity index (χ0v) is 20.5. The van der Waals surface area contributed by atoms with E-state index in [4.69, 9.17) is 5.73 Å². The highest BCUT2D eigenvalue weighted by Crippen LogP contribution is 2.21. The van der Waals surface area contributed by atoms with Crippen LogP contribution in [0.4, 0.5) is 14.6 Å². The van der Waals surface area contributed by atoms with E-state index in [9.17, 15) is 14.0 Å². The third-order valence-electron chi connectivity index (χ3n) is 4.74. The van der Waals surface area contributed by atoms with Gasteiger partial charge in [-0.05, 0) is 61.7 Å². The third kappa shape index (κ3) is 7.15. The number of nitrogen functional groups attached to an aromatic ring is 1. The molecule has 0 bridgehead atoms. The number of anilines is 1. The molecule has 1 aromatic heterocycles. The highest BCUT2D eigenvalue weighted by Gasteiger charge is 2.16. The van der Waals surface area contributed by atoms with Crippen LogP contribution in [0.15, 0.2) is 53.5 Å². The van der Waals surface area contributed by atoms with Crippen LogP contribution in [0.1, 0.15) is 30.2 Å². The van der Waals surface area contributed by atoms with E-state index in [-0.39, 0.29) is 41.4 Å². The van der Waals surface area contributed by atoms with Gasteiger partial charge in [0.05, 0.1) is 17.9 Å². The molecular formula is C23H26F2IN7. The standard InChI is InChI=1S/C23H25F2N7.HI/c1-2-28-23(30-15-16-5-7-17(24)8-6-16)29-13-3-4-21-20(14-26)22(27)32(31-21)19-11-9-18(25)10-12-19;/h5-12H,2-4,13,15,27H2,1H3,(H2,28,29,30);1H. The molecule has 0 atom stereocenters. The van der Waals surface area contributed by atoms with Gasteiger partial charge >= 0.3 is 0 Å². The van der Waals surface area contributed by atoms with Gasteiger partial charge in [-0.15, -0.1) is 24.0 Å². The predicted molar refractivity (Wildman–Crippen MR) is 136 cm³/mol. The van der Waals surface area contributed by atoms with Crippen molar-refractivity contribution in [3.8, 4) is 11.8 Å². The van der Waals surface area contributed by atoms with Crippen molar-refractivity contribution in [2.24, 2.45) is 4.99 Å². The van der Waals surface area contributed by atoms with E-state index in [0.717, 1.165) is 5.56 Å². The van der Waals surface area contributed by atoms with Crippen LogP contribution in [0.2, 0.25) is 0 Å². The maximum Gasteiger partial charge on any atom is 0.191 e. The van der Waals surface area contributed by atoms with Crippen LogP contribution < -0.4 is 16.4 Å². The molecule has 0 fully saturated rings. The first-order valence-electron chi connectivity index (χ1n) is 10.3. The van der Waals surface area contributed by atoms with Crippen molar-refractivity contribution in [3.63, 3.8) is 0 Å². The topological polar surface area (TPSA) is 104 Å². The SMILES string of the molecule is CCNC(=NCc1ccc(F)cc1)NCCCc1nn(-c2ccc(F)cc2)c(N)c1C#N.I. The van der Waals surface area contributed by atoms with Gasteiger partial charge in [0.25, 0.3) is 0 Å². The summed E-state index contributed by atoms with van der Waals surface area (Å²) in [5.74, 6) is 0.246. The summed E-state index contributed by atoms with van der Waals surface area (Å²) in [6, 6.07) is 14.1. The Balaban J connectivity index is 0.00000385. The van der Waals surface area contributed by atoms with Crippen molar-refractivity contribution in [1.82, 2.24) is 20.4 Å². The molecule has 0 radical (unpaired) electrons. The molecule has 3 aromatic rings. The Morgan fingerprint density at radius 1 is 1.09 bits per heavy atom. The molecule has 0 saturated heterocycles. The van der Waals surface area contributed by atoms with Crippen molar-refractivity contribution in [2.75, 3.05) is 18.8 Å². The van der Waals surface area contributed by atoms with E-state index in [1.165, 1.54) is 28.9 Å². The molecule has 0 aliphatic carbocycles. The molecular weight excluding hydrogens is 539 g/mol. The molecule has 0 aliphatic heterocycles. The number of guanidine groups is 1. The molecule has 7 nitrogen and oxygen atoms in total. The van der Waals surface area contributed by atoms with E-state index in [2.05, 4.69) is 26.8 Å². The highest BCUT2D eigenvalue weighted by molar-refractivity contribution is 14.0. The number of halogens is 3. The molecule has 0 saturated carbocycles. The van der Waals surface area contributed by atoms with Gasteiger partial charge in [-0.25, -0.2) is 18.5 Å². The Morgan fingerprint density at radius 3 is 2.33 bits per heavy atom. The second kappa shape index (κ2) is 12.7. The summed E-state index contributed by atoms with van der Waals surface area (Å²) in [4.78, 5) is 4.51. The first kappa shape index (κ1) is 26.1. The van der Waals surface area contributed by atoms with Crippen molar-refractivity contribution in [2.45, 2.75) is 26.3 Å². The average molecular weight is 565 g/mol. The van der Waals surface area contributed by atoms with E-state index < -0.39 is 0 Å².